The van der Waals surface area contributed by atoms with Gasteiger partial charge in [-0.3, -0.25) is 0 Å². The number of para-hydroxylation sites is 3. The van der Waals surface area contributed by atoms with Gasteiger partial charge >= 0.3 is 0 Å². The molecule has 7 aromatic carbocycles. The van der Waals surface area contributed by atoms with Gasteiger partial charge in [0.15, 0.2) is 5.58 Å². The Kier molecular flexibility index (Phi) is 8.19. The van der Waals surface area contributed by atoms with Crippen molar-refractivity contribution in [2.75, 3.05) is 4.90 Å². The second kappa shape index (κ2) is 13.2. The van der Waals surface area contributed by atoms with E-state index >= 15 is 0 Å². The van der Waals surface area contributed by atoms with Crippen LogP contribution >= 0.6 is 0 Å². The molecule has 0 unspecified atom stereocenters. The van der Waals surface area contributed by atoms with Crippen LogP contribution in [0.25, 0.3) is 55.0 Å². The van der Waals surface area contributed by atoms with Crippen molar-refractivity contribution < 1.29 is 4.42 Å². The molecular formula is C50H45NO. The Morgan fingerprint density at radius 2 is 1.21 bits per heavy atom. The molecule has 256 valence electrons. The van der Waals surface area contributed by atoms with Crippen LogP contribution in [0.15, 0.2) is 156 Å². The van der Waals surface area contributed by atoms with Crippen LogP contribution in [0.3, 0.4) is 0 Å². The molecule has 0 saturated heterocycles. The van der Waals surface area contributed by atoms with E-state index in [1.165, 1.54) is 76.3 Å². The van der Waals surface area contributed by atoms with E-state index < -0.39 is 0 Å². The highest BCUT2D eigenvalue weighted by molar-refractivity contribution is 6.12. The minimum absolute atomic E-state index is 0.0505. The first kappa shape index (κ1) is 32.3. The maximum Gasteiger partial charge on any atom is 0.159 e. The van der Waals surface area contributed by atoms with Crippen molar-refractivity contribution in [3.8, 4) is 22.3 Å². The van der Waals surface area contributed by atoms with E-state index in [1.807, 2.05) is 0 Å². The van der Waals surface area contributed by atoms with Crippen molar-refractivity contribution >= 4 is 49.8 Å². The molecular weight excluding hydrogens is 631 g/mol. The van der Waals surface area contributed by atoms with Gasteiger partial charge in [-0.15, -0.1) is 0 Å². The summed E-state index contributed by atoms with van der Waals surface area (Å²) >= 11 is 0. The molecule has 1 heterocycles. The molecule has 0 spiro atoms. The summed E-state index contributed by atoms with van der Waals surface area (Å²) in [5.41, 5.74) is 12.7. The zero-order valence-corrected chi connectivity index (χ0v) is 30.4. The van der Waals surface area contributed by atoms with Gasteiger partial charge in [-0.1, -0.05) is 167 Å². The van der Waals surface area contributed by atoms with Crippen LogP contribution in [0, 0.1) is 0 Å². The Morgan fingerprint density at radius 3 is 2.04 bits per heavy atom. The van der Waals surface area contributed by atoms with E-state index in [1.54, 1.807) is 0 Å². The summed E-state index contributed by atoms with van der Waals surface area (Å²) in [6, 6.07) is 55.7. The van der Waals surface area contributed by atoms with Crippen molar-refractivity contribution in [2.24, 2.45) is 0 Å². The molecule has 1 aliphatic carbocycles. The lowest BCUT2D eigenvalue weighted by molar-refractivity contribution is 0.445. The van der Waals surface area contributed by atoms with Crippen molar-refractivity contribution in [1.29, 1.82) is 0 Å². The number of anilines is 3. The highest BCUT2D eigenvalue weighted by Gasteiger charge is 2.27. The minimum atomic E-state index is -0.0505. The normalized spacial score (nSPS) is 14.0. The van der Waals surface area contributed by atoms with Crippen LogP contribution in [-0.4, -0.2) is 0 Å². The highest BCUT2D eigenvalue weighted by Crippen LogP contribution is 2.50. The van der Waals surface area contributed by atoms with Crippen molar-refractivity contribution in [1.82, 2.24) is 0 Å². The van der Waals surface area contributed by atoms with Gasteiger partial charge in [0, 0.05) is 21.9 Å². The molecule has 0 amide bonds. The predicted octanol–water partition coefficient (Wildman–Crippen LogP) is 14.9. The average Bonchev–Trinajstić information content (AvgIpc) is 3.58. The van der Waals surface area contributed by atoms with Gasteiger partial charge in [0.2, 0.25) is 0 Å². The molecule has 1 aromatic heterocycles. The maximum absolute atomic E-state index is 6.82. The number of nitrogens with zero attached hydrogens (tertiary/aromatic N) is 1. The molecule has 0 bridgehead atoms. The Bertz CT molecular complexity index is 2540. The SMILES string of the molecule is CC(C)(C)c1ccc(-c2ccccc2)c(N(c2ccccc2-c2cccc3cccc(C4CCCCC4)c23)c2cccc3c2oc2ccccc23)c1. The van der Waals surface area contributed by atoms with Crippen molar-refractivity contribution in [3.05, 3.63) is 163 Å². The van der Waals surface area contributed by atoms with E-state index in [9.17, 15) is 0 Å². The van der Waals surface area contributed by atoms with Crippen LogP contribution in [0.5, 0.6) is 0 Å². The first-order valence-electron chi connectivity index (χ1n) is 19.0. The van der Waals surface area contributed by atoms with Crippen LogP contribution in [0.1, 0.15) is 69.9 Å². The van der Waals surface area contributed by atoms with Gasteiger partial charge in [-0.2, -0.15) is 0 Å². The second-order valence-electron chi connectivity index (χ2n) is 15.5. The third-order valence-corrected chi connectivity index (χ3v) is 11.2. The molecule has 1 saturated carbocycles. The molecule has 2 nitrogen and oxygen atoms in total. The summed E-state index contributed by atoms with van der Waals surface area (Å²) in [4.78, 5) is 2.49. The number of hydrogen-bond acceptors (Lipinski definition) is 2. The van der Waals surface area contributed by atoms with Gasteiger partial charge in [0.1, 0.15) is 5.58 Å². The molecule has 0 atom stereocenters. The van der Waals surface area contributed by atoms with Gasteiger partial charge in [0.05, 0.1) is 17.1 Å². The Morgan fingerprint density at radius 1 is 0.538 bits per heavy atom. The number of furan rings is 1. The average molecular weight is 676 g/mol. The maximum atomic E-state index is 6.82. The van der Waals surface area contributed by atoms with Crippen LogP contribution in [0.2, 0.25) is 0 Å². The molecule has 2 heteroatoms. The summed E-state index contributed by atoms with van der Waals surface area (Å²) in [7, 11) is 0. The number of fused-ring (bicyclic) bond motifs is 4. The minimum Gasteiger partial charge on any atom is -0.454 e. The Labute approximate surface area is 307 Å². The predicted molar refractivity (Wildman–Crippen MR) is 221 cm³/mol. The molecule has 0 N–H and O–H groups in total. The quantitative estimate of drug-likeness (QED) is 0.174. The van der Waals surface area contributed by atoms with E-state index in [0.717, 1.165) is 39.0 Å². The molecule has 0 aliphatic heterocycles. The Balaban J connectivity index is 1.38. The van der Waals surface area contributed by atoms with Gasteiger partial charge < -0.3 is 9.32 Å². The standard InChI is InChI=1S/C50H45NO/c1-50(2,3)37-31-32-38(34-17-6-4-7-18-34)46(33-37)51(45-29-16-27-43-41-24-11-13-30-47(41)52-49(43)45)44-28-12-10-23-40(44)42-26-15-22-36-21-14-25-39(48(36)42)35-19-8-5-9-20-35/h4,6-7,10-18,21-33,35H,5,8-9,19-20H2,1-3H3. The lowest BCUT2D eigenvalue weighted by Crippen LogP contribution is -2.16. The van der Waals surface area contributed by atoms with Gasteiger partial charge in [0.25, 0.3) is 0 Å². The second-order valence-corrected chi connectivity index (χ2v) is 15.5. The Hall–Kier alpha value is -5.60. The van der Waals surface area contributed by atoms with E-state index in [-0.39, 0.29) is 5.41 Å². The summed E-state index contributed by atoms with van der Waals surface area (Å²) in [5, 5.41) is 4.94. The fourth-order valence-electron chi connectivity index (χ4n) is 8.59. The summed E-state index contributed by atoms with van der Waals surface area (Å²) in [6.07, 6.45) is 6.48. The van der Waals surface area contributed by atoms with Gasteiger partial charge in [-0.05, 0) is 81.5 Å². The first-order valence-corrected chi connectivity index (χ1v) is 19.0. The number of benzene rings is 7. The molecule has 9 rings (SSSR count). The van der Waals surface area contributed by atoms with E-state index in [4.69, 9.17) is 4.42 Å². The largest absolute Gasteiger partial charge is 0.454 e. The van der Waals surface area contributed by atoms with Crippen LogP contribution in [-0.2, 0) is 5.41 Å². The lowest BCUT2D eigenvalue weighted by atomic mass is 9.80. The third kappa shape index (κ3) is 5.67. The smallest absolute Gasteiger partial charge is 0.159 e. The molecule has 52 heavy (non-hydrogen) atoms. The van der Waals surface area contributed by atoms with E-state index in [0.29, 0.717) is 5.92 Å². The summed E-state index contributed by atoms with van der Waals surface area (Å²) < 4.78 is 6.82. The van der Waals surface area contributed by atoms with Crippen molar-refractivity contribution in [3.63, 3.8) is 0 Å². The monoisotopic (exact) mass is 675 g/mol. The molecule has 8 aromatic rings. The zero-order chi connectivity index (χ0) is 35.2. The summed E-state index contributed by atoms with van der Waals surface area (Å²) in [6.45, 7) is 6.90. The lowest BCUT2D eigenvalue weighted by Gasteiger charge is -2.32. The number of rotatable bonds is 6. The zero-order valence-electron chi connectivity index (χ0n) is 30.4. The van der Waals surface area contributed by atoms with Crippen LogP contribution < -0.4 is 4.90 Å². The number of hydrogen-bond donors (Lipinski definition) is 0. The first-order chi connectivity index (χ1) is 25.5. The molecule has 1 fully saturated rings. The molecule has 0 radical (unpaired) electrons. The van der Waals surface area contributed by atoms with E-state index in [2.05, 4.69) is 177 Å². The fourth-order valence-corrected chi connectivity index (χ4v) is 8.59. The topological polar surface area (TPSA) is 16.4 Å². The van der Waals surface area contributed by atoms with Gasteiger partial charge in [-0.25, -0.2) is 0 Å². The highest BCUT2D eigenvalue weighted by atomic mass is 16.3. The van der Waals surface area contributed by atoms with Crippen molar-refractivity contribution in [2.45, 2.75) is 64.2 Å². The fraction of sp³-hybridized carbons (Fsp3) is 0.200. The van der Waals surface area contributed by atoms with Crippen LogP contribution in [0.4, 0.5) is 17.1 Å². The third-order valence-electron chi connectivity index (χ3n) is 11.2. The summed E-state index contributed by atoms with van der Waals surface area (Å²) in [5.74, 6) is 0.583. The molecule has 1 aliphatic rings.